The third-order valence-corrected chi connectivity index (χ3v) is 7.04. The summed E-state index contributed by atoms with van der Waals surface area (Å²) in [5.74, 6) is -0.300. The molecule has 0 saturated heterocycles. The van der Waals surface area contributed by atoms with Gasteiger partial charge >= 0.3 is 0 Å². The molecule has 6 nitrogen and oxygen atoms in total. The van der Waals surface area contributed by atoms with E-state index in [2.05, 4.69) is 10.6 Å². The number of amides is 2. The standard InChI is InChI=1S/C23H28N2O4S/c26-22(19-9-3-1-4-10-19)24-14-15-25-23(27)20-11-7-8-18(16-20)17-30(28,29)21-12-5-2-6-13-21/h2,5-8,11-13,16,19H,1,3-4,9-10,14-15,17H2,(H,24,26)(H,25,27). The van der Waals surface area contributed by atoms with Crippen LogP contribution in [0, 0.1) is 5.92 Å². The van der Waals surface area contributed by atoms with Crippen molar-refractivity contribution < 1.29 is 18.0 Å². The van der Waals surface area contributed by atoms with Gasteiger partial charge in [0.2, 0.25) is 5.91 Å². The molecule has 2 amide bonds. The SMILES string of the molecule is O=C(NCCNC(=O)C1CCCCC1)c1cccc(CS(=O)(=O)c2ccccc2)c1. The zero-order chi connectivity index (χ0) is 21.4. The Morgan fingerprint density at radius 1 is 0.867 bits per heavy atom. The number of carbonyl (C=O) groups is 2. The molecule has 0 atom stereocenters. The highest BCUT2D eigenvalue weighted by molar-refractivity contribution is 7.90. The van der Waals surface area contributed by atoms with Crippen LogP contribution in [-0.4, -0.2) is 33.3 Å². The normalized spacial score (nSPS) is 14.8. The Morgan fingerprint density at radius 3 is 2.30 bits per heavy atom. The Hall–Kier alpha value is -2.67. The number of sulfone groups is 1. The molecule has 0 heterocycles. The van der Waals surface area contributed by atoms with E-state index >= 15 is 0 Å². The van der Waals surface area contributed by atoms with E-state index in [0.717, 1.165) is 25.7 Å². The molecule has 0 unspecified atom stereocenters. The zero-order valence-corrected chi connectivity index (χ0v) is 17.8. The Balaban J connectivity index is 1.50. The van der Waals surface area contributed by atoms with Gasteiger partial charge in [0.1, 0.15) is 0 Å². The summed E-state index contributed by atoms with van der Waals surface area (Å²) in [5, 5.41) is 5.66. The maximum atomic E-state index is 12.5. The van der Waals surface area contributed by atoms with Crippen molar-refractivity contribution in [2.75, 3.05) is 13.1 Å². The van der Waals surface area contributed by atoms with Crippen LogP contribution in [0.5, 0.6) is 0 Å². The van der Waals surface area contributed by atoms with Gasteiger partial charge in [0, 0.05) is 24.6 Å². The van der Waals surface area contributed by atoms with Crippen molar-refractivity contribution in [1.82, 2.24) is 10.6 Å². The van der Waals surface area contributed by atoms with E-state index < -0.39 is 9.84 Å². The number of carbonyl (C=O) groups excluding carboxylic acids is 2. The zero-order valence-electron chi connectivity index (χ0n) is 17.0. The van der Waals surface area contributed by atoms with Gasteiger partial charge in [-0.15, -0.1) is 0 Å². The molecule has 1 aliphatic rings. The van der Waals surface area contributed by atoms with E-state index in [9.17, 15) is 18.0 Å². The number of hydrogen-bond donors (Lipinski definition) is 2. The number of benzene rings is 2. The summed E-state index contributed by atoms with van der Waals surface area (Å²) in [6, 6.07) is 14.9. The second kappa shape index (κ2) is 10.4. The third-order valence-electron chi connectivity index (χ3n) is 5.33. The van der Waals surface area contributed by atoms with Crippen molar-refractivity contribution in [3.8, 4) is 0 Å². The van der Waals surface area contributed by atoms with E-state index in [1.54, 1.807) is 54.6 Å². The largest absolute Gasteiger partial charge is 0.354 e. The summed E-state index contributed by atoms with van der Waals surface area (Å²) in [5.41, 5.74) is 0.950. The van der Waals surface area contributed by atoms with Gasteiger partial charge in [-0.25, -0.2) is 8.42 Å². The molecule has 0 spiro atoms. The van der Waals surface area contributed by atoms with Crippen LogP contribution in [0.3, 0.4) is 0 Å². The van der Waals surface area contributed by atoms with Crippen molar-refractivity contribution in [1.29, 1.82) is 0 Å². The van der Waals surface area contributed by atoms with E-state index in [1.165, 1.54) is 6.42 Å². The minimum absolute atomic E-state index is 0.0667. The molecule has 1 fully saturated rings. The van der Waals surface area contributed by atoms with Gasteiger partial charge in [-0.05, 0) is 42.7 Å². The fourth-order valence-electron chi connectivity index (χ4n) is 3.71. The molecule has 1 saturated carbocycles. The molecule has 1 aliphatic carbocycles. The van der Waals surface area contributed by atoms with E-state index in [-0.39, 0.29) is 28.4 Å². The maximum absolute atomic E-state index is 12.5. The predicted molar refractivity (Wildman–Crippen MR) is 116 cm³/mol. The van der Waals surface area contributed by atoms with Crippen LogP contribution in [-0.2, 0) is 20.4 Å². The maximum Gasteiger partial charge on any atom is 0.251 e. The molecule has 160 valence electrons. The van der Waals surface area contributed by atoms with Gasteiger partial charge in [0.05, 0.1) is 10.6 Å². The van der Waals surface area contributed by atoms with Gasteiger partial charge in [0.15, 0.2) is 9.84 Å². The molecule has 0 bridgehead atoms. The van der Waals surface area contributed by atoms with Crippen molar-refractivity contribution in [2.24, 2.45) is 5.92 Å². The Kier molecular flexibility index (Phi) is 7.63. The molecular formula is C23H28N2O4S. The Bertz CT molecular complexity index is 968. The van der Waals surface area contributed by atoms with Gasteiger partial charge in [-0.1, -0.05) is 49.6 Å². The molecule has 2 N–H and O–H groups in total. The minimum atomic E-state index is -3.48. The highest BCUT2D eigenvalue weighted by Crippen LogP contribution is 2.23. The van der Waals surface area contributed by atoms with E-state index in [0.29, 0.717) is 24.2 Å². The Labute approximate surface area is 178 Å². The highest BCUT2D eigenvalue weighted by atomic mass is 32.2. The van der Waals surface area contributed by atoms with E-state index in [4.69, 9.17) is 0 Å². The third kappa shape index (κ3) is 6.16. The summed E-state index contributed by atoms with van der Waals surface area (Å²) >= 11 is 0. The van der Waals surface area contributed by atoms with Gasteiger partial charge in [-0.2, -0.15) is 0 Å². The summed E-state index contributed by atoms with van der Waals surface area (Å²) < 4.78 is 25.1. The number of rotatable bonds is 8. The first-order chi connectivity index (χ1) is 14.5. The monoisotopic (exact) mass is 428 g/mol. The first-order valence-corrected chi connectivity index (χ1v) is 12.0. The summed E-state index contributed by atoms with van der Waals surface area (Å²) in [4.78, 5) is 24.8. The van der Waals surface area contributed by atoms with Gasteiger partial charge in [0.25, 0.3) is 5.91 Å². The first-order valence-electron chi connectivity index (χ1n) is 10.4. The highest BCUT2D eigenvalue weighted by Gasteiger charge is 2.20. The summed E-state index contributed by atoms with van der Waals surface area (Å²) in [6.45, 7) is 0.701. The molecule has 7 heteroatoms. The molecule has 3 rings (SSSR count). The Morgan fingerprint density at radius 2 is 1.57 bits per heavy atom. The smallest absolute Gasteiger partial charge is 0.251 e. The molecular weight excluding hydrogens is 400 g/mol. The fourth-order valence-corrected chi connectivity index (χ4v) is 5.06. The lowest BCUT2D eigenvalue weighted by molar-refractivity contribution is -0.125. The lowest BCUT2D eigenvalue weighted by atomic mass is 9.89. The lowest BCUT2D eigenvalue weighted by Gasteiger charge is -2.20. The van der Waals surface area contributed by atoms with Crippen LogP contribution in [0.1, 0.15) is 48.0 Å². The predicted octanol–water partition coefficient (Wildman–Crippen LogP) is 3.09. The molecule has 2 aromatic carbocycles. The quantitative estimate of drug-likeness (QED) is 0.632. The van der Waals surface area contributed by atoms with Crippen LogP contribution in [0.15, 0.2) is 59.5 Å². The second-order valence-corrected chi connectivity index (χ2v) is 9.64. The number of nitrogens with one attached hydrogen (secondary N) is 2. The summed E-state index contributed by atoms with van der Waals surface area (Å²) in [7, 11) is -3.48. The second-order valence-electron chi connectivity index (χ2n) is 7.65. The molecule has 0 aromatic heterocycles. The molecule has 0 aliphatic heterocycles. The van der Waals surface area contributed by atoms with Crippen LogP contribution < -0.4 is 10.6 Å². The van der Waals surface area contributed by atoms with Crippen LogP contribution in [0.4, 0.5) is 0 Å². The topological polar surface area (TPSA) is 92.3 Å². The molecule has 0 radical (unpaired) electrons. The first kappa shape index (κ1) is 22.0. The van der Waals surface area contributed by atoms with Crippen molar-refractivity contribution in [3.63, 3.8) is 0 Å². The van der Waals surface area contributed by atoms with Crippen molar-refractivity contribution in [3.05, 3.63) is 65.7 Å². The average Bonchev–Trinajstić information content (AvgIpc) is 2.77. The minimum Gasteiger partial charge on any atom is -0.354 e. The fraction of sp³-hybridized carbons (Fsp3) is 0.391. The van der Waals surface area contributed by atoms with Crippen molar-refractivity contribution in [2.45, 2.75) is 42.8 Å². The number of hydrogen-bond acceptors (Lipinski definition) is 4. The lowest BCUT2D eigenvalue weighted by Crippen LogP contribution is -2.38. The van der Waals surface area contributed by atoms with Crippen LogP contribution in [0.2, 0.25) is 0 Å². The van der Waals surface area contributed by atoms with Crippen molar-refractivity contribution >= 4 is 21.7 Å². The molecule has 30 heavy (non-hydrogen) atoms. The van der Waals surface area contributed by atoms with Gasteiger partial charge < -0.3 is 10.6 Å². The van der Waals surface area contributed by atoms with Gasteiger partial charge in [-0.3, -0.25) is 9.59 Å². The molecule has 2 aromatic rings. The van der Waals surface area contributed by atoms with Crippen LogP contribution >= 0.6 is 0 Å². The van der Waals surface area contributed by atoms with E-state index in [1.807, 2.05) is 0 Å². The van der Waals surface area contributed by atoms with Crippen LogP contribution in [0.25, 0.3) is 0 Å². The summed E-state index contributed by atoms with van der Waals surface area (Å²) in [6.07, 6.45) is 5.29. The average molecular weight is 429 g/mol.